The molecule has 6 heteroatoms. The van der Waals surface area contributed by atoms with Crippen molar-refractivity contribution in [1.82, 2.24) is 4.98 Å². The molecule has 0 amide bonds. The van der Waals surface area contributed by atoms with Crippen molar-refractivity contribution in [2.24, 2.45) is 5.73 Å². The van der Waals surface area contributed by atoms with Gasteiger partial charge < -0.3 is 15.6 Å². The number of hydrogen-bond acceptors (Lipinski definition) is 5. The molecular weight excluding hydrogens is 404 g/mol. The molecular formula is C23H21ClN2O2S. The Morgan fingerprint density at radius 1 is 1.10 bits per heavy atom. The van der Waals surface area contributed by atoms with Gasteiger partial charge in [-0.3, -0.25) is 0 Å². The molecule has 0 aliphatic carbocycles. The standard InChI is InChI=1S/C23H21ClN2O2S/c24-21-13-18(8-5-11-28-16-17-6-2-1-3-7-17)12-20(14-25)22(21)29-23-19(15-27)9-4-10-26-23/h1-4,6-7,9-10,12-13,27H,11,14-16,25H2. The van der Waals surface area contributed by atoms with Crippen molar-refractivity contribution < 1.29 is 9.84 Å². The third kappa shape index (κ3) is 6.07. The van der Waals surface area contributed by atoms with Gasteiger partial charge in [0.1, 0.15) is 11.6 Å². The largest absolute Gasteiger partial charge is 0.392 e. The maximum absolute atomic E-state index is 9.51. The van der Waals surface area contributed by atoms with Crippen LogP contribution in [-0.4, -0.2) is 16.7 Å². The molecule has 0 atom stereocenters. The molecule has 148 valence electrons. The molecule has 3 N–H and O–H groups in total. The molecule has 2 aromatic carbocycles. The molecule has 1 aromatic heterocycles. The number of hydrogen-bond donors (Lipinski definition) is 2. The number of benzene rings is 2. The van der Waals surface area contributed by atoms with Crippen molar-refractivity contribution in [3.8, 4) is 11.8 Å². The fourth-order valence-electron chi connectivity index (χ4n) is 2.65. The zero-order chi connectivity index (χ0) is 20.5. The van der Waals surface area contributed by atoms with E-state index in [2.05, 4.69) is 16.8 Å². The van der Waals surface area contributed by atoms with Crippen molar-refractivity contribution in [3.05, 3.63) is 88.1 Å². The van der Waals surface area contributed by atoms with Gasteiger partial charge in [0.15, 0.2) is 0 Å². The Balaban J connectivity index is 1.70. The highest BCUT2D eigenvalue weighted by molar-refractivity contribution is 7.99. The van der Waals surface area contributed by atoms with Crippen molar-refractivity contribution in [2.75, 3.05) is 6.61 Å². The van der Waals surface area contributed by atoms with Gasteiger partial charge in [-0.1, -0.05) is 71.6 Å². The van der Waals surface area contributed by atoms with E-state index < -0.39 is 0 Å². The van der Waals surface area contributed by atoms with Crippen LogP contribution in [0.15, 0.2) is 70.7 Å². The van der Waals surface area contributed by atoms with Gasteiger partial charge in [-0.05, 0) is 29.3 Å². The normalized spacial score (nSPS) is 10.4. The number of ether oxygens (including phenoxy) is 1. The van der Waals surface area contributed by atoms with Gasteiger partial charge in [0.05, 0.1) is 18.2 Å². The fourth-order valence-corrected chi connectivity index (χ4v) is 4.01. The number of pyridine rings is 1. The molecule has 0 aliphatic rings. The van der Waals surface area contributed by atoms with Crippen LogP contribution >= 0.6 is 23.4 Å². The summed E-state index contributed by atoms with van der Waals surface area (Å²) >= 11 is 7.91. The Hall–Kier alpha value is -2.33. The first kappa shape index (κ1) is 21.4. The van der Waals surface area contributed by atoms with E-state index in [9.17, 15) is 5.11 Å². The molecule has 0 saturated carbocycles. The highest BCUT2D eigenvalue weighted by Crippen LogP contribution is 2.37. The van der Waals surface area contributed by atoms with Crippen molar-refractivity contribution in [1.29, 1.82) is 0 Å². The van der Waals surface area contributed by atoms with Gasteiger partial charge in [0.2, 0.25) is 0 Å². The number of nitrogens with two attached hydrogens (primary N) is 1. The van der Waals surface area contributed by atoms with E-state index in [0.717, 1.165) is 27.1 Å². The monoisotopic (exact) mass is 424 g/mol. The predicted molar refractivity (Wildman–Crippen MR) is 117 cm³/mol. The van der Waals surface area contributed by atoms with Crippen LogP contribution in [0.2, 0.25) is 5.02 Å². The van der Waals surface area contributed by atoms with Crippen molar-refractivity contribution >= 4 is 23.4 Å². The maximum atomic E-state index is 9.51. The summed E-state index contributed by atoms with van der Waals surface area (Å²) in [6, 6.07) is 17.3. The molecule has 0 unspecified atom stereocenters. The molecule has 0 spiro atoms. The summed E-state index contributed by atoms with van der Waals surface area (Å²) in [7, 11) is 0. The SMILES string of the molecule is NCc1cc(C#CCOCc2ccccc2)cc(Cl)c1Sc1ncccc1CO. The van der Waals surface area contributed by atoms with Crippen molar-refractivity contribution in [2.45, 2.75) is 29.7 Å². The second kappa shape index (κ2) is 11.0. The Kier molecular flexibility index (Phi) is 8.12. The lowest BCUT2D eigenvalue weighted by atomic mass is 10.1. The van der Waals surface area contributed by atoms with Crippen LogP contribution in [0.5, 0.6) is 0 Å². The second-order valence-corrected chi connectivity index (χ2v) is 7.56. The summed E-state index contributed by atoms with van der Waals surface area (Å²) < 4.78 is 5.59. The molecule has 0 saturated heterocycles. The van der Waals surface area contributed by atoms with E-state index in [0.29, 0.717) is 29.8 Å². The van der Waals surface area contributed by atoms with Crippen molar-refractivity contribution in [3.63, 3.8) is 0 Å². The quantitative estimate of drug-likeness (QED) is 0.434. The van der Waals surface area contributed by atoms with E-state index >= 15 is 0 Å². The lowest BCUT2D eigenvalue weighted by Crippen LogP contribution is -2.01. The van der Waals surface area contributed by atoms with Crippen LogP contribution in [-0.2, 0) is 24.5 Å². The first-order valence-electron chi connectivity index (χ1n) is 9.07. The molecule has 3 aromatic rings. The average molecular weight is 425 g/mol. The fraction of sp³-hybridized carbons (Fsp3) is 0.174. The number of nitrogens with zero attached hydrogens (tertiary/aromatic N) is 1. The molecule has 0 aliphatic heterocycles. The summed E-state index contributed by atoms with van der Waals surface area (Å²) in [6.45, 7) is 1.09. The molecule has 0 fully saturated rings. The van der Waals surface area contributed by atoms with E-state index in [4.69, 9.17) is 22.1 Å². The minimum atomic E-state index is -0.0850. The summed E-state index contributed by atoms with van der Waals surface area (Å²) in [4.78, 5) is 5.17. The zero-order valence-electron chi connectivity index (χ0n) is 15.8. The van der Waals surface area contributed by atoms with E-state index in [1.54, 1.807) is 12.3 Å². The van der Waals surface area contributed by atoms with Crippen LogP contribution < -0.4 is 5.73 Å². The van der Waals surface area contributed by atoms with Crippen LogP contribution in [0.3, 0.4) is 0 Å². The highest BCUT2D eigenvalue weighted by Gasteiger charge is 2.13. The summed E-state index contributed by atoms with van der Waals surface area (Å²) in [6.07, 6.45) is 1.69. The topological polar surface area (TPSA) is 68.4 Å². The predicted octanol–water partition coefficient (Wildman–Crippen LogP) is 4.41. The van der Waals surface area contributed by atoms with Gasteiger partial charge in [0, 0.05) is 28.8 Å². The Morgan fingerprint density at radius 2 is 1.93 bits per heavy atom. The first-order valence-corrected chi connectivity index (χ1v) is 10.3. The lowest BCUT2D eigenvalue weighted by molar-refractivity contribution is 0.153. The summed E-state index contributed by atoms with van der Waals surface area (Å²) in [5.41, 5.74) is 9.46. The molecule has 29 heavy (non-hydrogen) atoms. The number of aliphatic hydroxyl groups is 1. The first-order chi connectivity index (χ1) is 14.2. The molecule has 1 heterocycles. The number of halogens is 1. The smallest absolute Gasteiger partial charge is 0.108 e. The van der Waals surface area contributed by atoms with E-state index in [1.807, 2.05) is 48.5 Å². The number of rotatable bonds is 7. The molecule has 3 rings (SSSR count). The van der Waals surface area contributed by atoms with Gasteiger partial charge in [0.25, 0.3) is 0 Å². The van der Waals surface area contributed by atoms with Crippen LogP contribution in [0, 0.1) is 11.8 Å². The second-order valence-electron chi connectivity index (χ2n) is 6.16. The van der Waals surface area contributed by atoms with Crippen LogP contribution in [0.25, 0.3) is 0 Å². The minimum absolute atomic E-state index is 0.0850. The summed E-state index contributed by atoms with van der Waals surface area (Å²) in [5.74, 6) is 6.09. The Bertz CT molecular complexity index is 1020. The highest BCUT2D eigenvalue weighted by atomic mass is 35.5. The number of aliphatic hydroxyl groups excluding tert-OH is 1. The van der Waals surface area contributed by atoms with E-state index in [1.165, 1.54) is 11.8 Å². The van der Waals surface area contributed by atoms with Gasteiger partial charge in [-0.2, -0.15) is 0 Å². The third-order valence-corrected chi connectivity index (χ3v) is 5.74. The van der Waals surface area contributed by atoms with Crippen LogP contribution in [0.1, 0.15) is 22.3 Å². The third-order valence-electron chi connectivity index (χ3n) is 4.08. The Morgan fingerprint density at radius 3 is 2.69 bits per heavy atom. The Labute approximate surface area is 180 Å². The zero-order valence-corrected chi connectivity index (χ0v) is 17.3. The van der Waals surface area contributed by atoms with Crippen LogP contribution in [0.4, 0.5) is 0 Å². The average Bonchev–Trinajstić information content (AvgIpc) is 2.76. The molecule has 0 bridgehead atoms. The molecule has 4 nitrogen and oxygen atoms in total. The maximum Gasteiger partial charge on any atom is 0.108 e. The minimum Gasteiger partial charge on any atom is -0.392 e. The van der Waals surface area contributed by atoms with Gasteiger partial charge in [-0.15, -0.1) is 0 Å². The summed E-state index contributed by atoms with van der Waals surface area (Å²) in [5, 5.41) is 10.8. The molecule has 0 radical (unpaired) electrons. The van der Waals surface area contributed by atoms with Gasteiger partial charge >= 0.3 is 0 Å². The lowest BCUT2D eigenvalue weighted by Gasteiger charge is -2.12. The van der Waals surface area contributed by atoms with E-state index in [-0.39, 0.29) is 6.61 Å². The van der Waals surface area contributed by atoms with Gasteiger partial charge in [-0.25, -0.2) is 4.98 Å². The number of aromatic nitrogens is 1.